The number of anilines is 5. The Hall–Kier alpha value is -3.15. The molecule has 0 amide bonds. The van der Waals surface area contributed by atoms with Crippen molar-refractivity contribution in [3.8, 4) is 0 Å². The maximum Gasteiger partial charge on any atom is 0.249 e. The Balaban J connectivity index is 1.44. The first-order valence-corrected chi connectivity index (χ1v) is 9.79. The first-order chi connectivity index (χ1) is 13.7. The lowest BCUT2D eigenvalue weighted by Crippen LogP contribution is -2.32. The van der Waals surface area contributed by atoms with E-state index in [1.54, 1.807) is 6.20 Å². The molecule has 6 nitrogen and oxygen atoms in total. The minimum absolute atomic E-state index is 0.486. The van der Waals surface area contributed by atoms with Crippen molar-refractivity contribution in [3.05, 3.63) is 60.8 Å². The maximum absolute atomic E-state index is 4.60. The van der Waals surface area contributed by atoms with Crippen molar-refractivity contribution in [3.63, 3.8) is 0 Å². The summed E-state index contributed by atoms with van der Waals surface area (Å²) < 4.78 is 0. The van der Waals surface area contributed by atoms with E-state index in [1.165, 1.54) is 18.5 Å². The minimum Gasteiger partial charge on any atom is -0.372 e. The fraction of sp³-hybridized carbons (Fsp3) is 0.318. The molecule has 1 aliphatic rings. The molecule has 2 aromatic carbocycles. The van der Waals surface area contributed by atoms with E-state index in [1.807, 2.05) is 42.3 Å². The van der Waals surface area contributed by atoms with E-state index in [-0.39, 0.29) is 0 Å². The molecule has 0 spiro atoms. The predicted molar refractivity (Wildman–Crippen MR) is 115 cm³/mol. The van der Waals surface area contributed by atoms with E-state index in [0.29, 0.717) is 5.95 Å². The third-order valence-corrected chi connectivity index (χ3v) is 5.31. The highest BCUT2D eigenvalue weighted by Gasteiger charge is 2.16. The summed E-state index contributed by atoms with van der Waals surface area (Å²) in [6, 6.07) is 18.5. The third-order valence-electron chi connectivity index (χ3n) is 5.31. The van der Waals surface area contributed by atoms with Crippen LogP contribution in [0.2, 0.25) is 0 Å². The van der Waals surface area contributed by atoms with Crippen LogP contribution < -0.4 is 15.1 Å². The first kappa shape index (κ1) is 18.2. The van der Waals surface area contributed by atoms with Gasteiger partial charge in [0, 0.05) is 37.2 Å². The number of rotatable bonds is 5. The van der Waals surface area contributed by atoms with Gasteiger partial charge in [0.1, 0.15) is 0 Å². The van der Waals surface area contributed by atoms with Gasteiger partial charge in [-0.05, 0) is 55.2 Å². The molecule has 1 N–H and O–H groups in total. The average molecular weight is 374 g/mol. The largest absolute Gasteiger partial charge is 0.372 e. The predicted octanol–water partition coefficient (Wildman–Crippen LogP) is 4.62. The maximum atomic E-state index is 4.60. The van der Waals surface area contributed by atoms with Gasteiger partial charge in [-0.2, -0.15) is 10.1 Å². The summed E-state index contributed by atoms with van der Waals surface area (Å²) in [6.07, 6.45) is 4.20. The molecule has 0 unspecified atom stereocenters. The van der Waals surface area contributed by atoms with Gasteiger partial charge in [0.25, 0.3) is 0 Å². The quantitative estimate of drug-likeness (QED) is 0.703. The zero-order valence-corrected chi connectivity index (χ0v) is 16.4. The fourth-order valence-electron chi connectivity index (χ4n) is 3.44. The van der Waals surface area contributed by atoms with E-state index in [2.05, 4.69) is 56.6 Å². The highest BCUT2D eigenvalue weighted by atomic mass is 15.3. The van der Waals surface area contributed by atoms with Crippen LogP contribution in [0.15, 0.2) is 60.8 Å². The van der Waals surface area contributed by atoms with Gasteiger partial charge in [-0.3, -0.25) is 0 Å². The highest BCUT2D eigenvalue weighted by molar-refractivity contribution is 5.62. The molecule has 0 bridgehead atoms. The molecule has 1 aliphatic heterocycles. The summed E-state index contributed by atoms with van der Waals surface area (Å²) in [5.41, 5.74) is 3.28. The molecule has 4 rings (SSSR count). The van der Waals surface area contributed by atoms with Crippen molar-refractivity contribution in [2.24, 2.45) is 5.92 Å². The van der Waals surface area contributed by atoms with E-state index in [9.17, 15) is 0 Å². The summed E-state index contributed by atoms with van der Waals surface area (Å²) in [7, 11) is 1.97. The van der Waals surface area contributed by atoms with Crippen molar-refractivity contribution < 1.29 is 0 Å². The van der Waals surface area contributed by atoms with Crippen molar-refractivity contribution in [1.82, 2.24) is 15.2 Å². The van der Waals surface area contributed by atoms with Crippen molar-refractivity contribution >= 4 is 28.8 Å². The Morgan fingerprint density at radius 2 is 1.71 bits per heavy atom. The Morgan fingerprint density at radius 1 is 1.00 bits per heavy atom. The molecule has 2 heterocycles. The molecule has 3 aromatic rings. The SMILES string of the molecule is CC1CCN(c2ccc(Nc3nncc(N(C)c4ccccc4)n3)cc2)CC1. The van der Waals surface area contributed by atoms with Gasteiger partial charge >= 0.3 is 0 Å². The van der Waals surface area contributed by atoms with Crippen LogP contribution in [-0.4, -0.2) is 35.3 Å². The molecular formula is C22H26N6. The fourth-order valence-corrected chi connectivity index (χ4v) is 3.44. The molecule has 0 saturated carbocycles. The van der Waals surface area contributed by atoms with Gasteiger partial charge in [-0.25, -0.2) is 0 Å². The van der Waals surface area contributed by atoms with Crippen molar-refractivity contribution in [2.75, 3.05) is 35.3 Å². The van der Waals surface area contributed by atoms with Crippen LogP contribution >= 0.6 is 0 Å². The molecule has 6 heteroatoms. The highest BCUT2D eigenvalue weighted by Crippen LogP contribution is 2.26. The van der Waals surface area contributed by atoms with Gasteiger partial charge in [0.15, 0.2) is 5.82 Å². The molecule has 1 aromatic heterocycles. The van der Waals surface area contributed by atoms with Crippen LogP contribution in [0.3, 0.4) is 0 Å². The second-order valence-corrected chi connectivity index (χ2v) is 7.37. The third kappa shape index (κ3) is 4.22. The lowest BCUT2D eigenvalue weighted by atomic mass is 9.99. The average Bonchev–Trinajstić information content (AvgIpc) is 2.75. The van der Waals surface area contributed by atoms with Crippen LogP contribution in [0.1, 0.15) is 19.8 Å². The number of para-hydroxylation sites is 1. The molecule has 1 fully saturated rings. The second kappa shape index (κ2) is 8.25. The molecule has 0 radical (unpaired) electrons. The van der Waals surface area contributed by atoms with Crippen LogP contribution in [0.4, 0.5) is 28.8 Å². The van der Waals surface area contributed by atoms with Crippen molar-refractivity contribution in [2.45, 2.75) is 19.8 Å². The number of hydrogen-bond donors (Lipinski definition) is 1. The van der Waals surface area contributed by atoms with Gasteiger partial charge in [-0.1, -0.05) is 25.1 Å². The standard InChI is InChI=1S/C22H26N6/c1-17-12-14-28(15-13-17)20-10-8-18(9-11-20)24-22-25-21(16-23-26-22)27(2)19-6-4-3-5-7-19/h3-11,16-17H,12-15H2,1-2H3,(H,24,25,26). The van der Waals surface area contributed by atoms with Gasteiger partial charge in [-0.15, -0.1) is 5.10 Å². The minimum atomic E-state index is 0.486. The van der Waals surface area contributed by atoms with Crippen LogP contribution in [-0.2, 0) is 0 Å². The number of nitrogens with zero attached hydrogens (tertiary/aromatic N) is 5. The summed E-state index contributed by atoms with van der Waals surface area (Å²) in [5, 5.41) is 11.5. The zero-order valence-electron chi connectivity index (χ0n) is 16.4. The van der Waals surface area contributed by atoms with Gasteiger partial charge < -0.3 is 15.1 Å². The number of nitrogens with one attached hydrogen (secondary N) is 1. The summed E-state index contributed by atoms with van der Waals surface area (Å²) in [6.45, 7) is 4.60. The number of aromatic nitrogens is 3. The summed E-state index contributed by atoms with van der Waals surface area (Å²) >= 11 is 0. The lowest BCUT2D eigenvalue weighted by Gasteiger charge is -2.32. The lowest BCUT2D eigenvalue weighted by molar-refractivity contribution is 0.438. The number of piperidine rings is 1. The molecule has 0 atom stereocenters. The monoisotopic (exact) mass is 374 g/mol. The molecular weight excluding hydrogens is 348 g/mol. The van der Waals surface area contributed by atoms with E-state index in [0.717, 1.165) is 36.2 Å². The summed E-state index contributed by atoms with van der Waals surface area (Å²) in [5.74, 6) is 2.06. The topological polar surface area (TPSA) is 57.2 Å². The number of benzene rings is 2. The van der Waals surface area contributed by atoms with Crippen molar-refractivity contribution in [1.29, 1.82) is 0 Å². The summed E-state index contributed by atoms with van der Waals surface area (Å²) in [4.78, 5) is 9.04. The van der Waals surface area contributed by atoms with E-state index in [4.69, 9.17) is 0 Å². The van der Waals surface area contributed by atoms with Crippen LogP contribution in [0.25, 0.3) is 0 Å². The second-order valence-electron chi connectivity index (χ2n) is 7.37. The molecule has 0 aliphatic carbocycles. The van der Waals surface area contributed by atoms with E-state index >= 15 is 0 Å². The van der Waals surface area contributed by atoms with Crippen LogP contribution in [0, 0.1) is 5.92 Å². The Morgan fingerprint density at radius 3 is 2.43 bits per heavy atom. The van der Waals surface area contributed by atoms with Gasteiger partial charge in [0.05, 0.1) is 6.20 Å². The van der Waals surface area contributed by atoms with Gasteiger partial charge in [0.2, 0.25) is 5.95 Å². The first-order valence-electron chi connectivity index (χ1n) is 9.79. The van der Waals surface area contributed by atoms with Crippen LogP contribution in [0.5, 0.6) is 0 Å². The Kier molecular flexibility index (Phi) is 5.37. The molecule has 144 valence electrons. The molecule has 28 heavy (non-hydrogen) atoms. The molecule has 1 saturated heterocycles. The normalized spacial score (nSPS) is 14.7. The van der Waals surface area contributed by atoms with E-state index < -0.39 is 0 Å². The number of hydrogen-bond acceptors (Lipinski definition) is 6. The smallest absolute Gasteiger partial charge is 0.249 e. The Bertz CT molecular complexity index is 888. The Labute approximate surface area is 166 Å². The zero-order chi connectivity index (χ0) is 19.3.